The molecule has 76 valence electrons. The molecule has 0 saturated carbocycles. The van der Waals surface area contributed by atoms with Crippen LogP contribution in [0.2, 0.25) is 0 Å². The summed E-state index contributed by atoms with van der Waals surface area (Å²) in [6.45, 7) is 4.18. The van der Waals surface area contributed by atoms with Crippen LogP contribution < -0.4 is 10.6 Å². The van der Waals surface area contributed by atoms with Gasteiger partial charge >= 0.3 is 6.03 Å². The number of morpholine rings is 1. The van der Waals surface area contributed by atoms with Crippen molar-refractivity contribution in [1.82, 2.24) is 15.5 Å². The van der Waals surface area contributed by atoms with E-state index >= 15 is 0 Å². The predicted octanol–water partition coefficient (Wildman–Crippen LogP) is -0.752. The summed E-state index contributed by atoms with van der Waals surface area (Å²) in [6.07, 6.45) is 0. The van der Waals surface area contributed by atoms with Crippen molar-refractivity contribution in [3.63, 3.8) is 0 Å². The average Bonchev–Trinajstić information content (AvgIpc) is 2.19. The van der Waals surface area contributed by atoms with Crippen LogP contribution >= 0.6 is 0 Å². The molecule has 0 aliphatic carbocycles. The summed E-state index contributed by atoms with van der Waals surface area (Å²) in [4.78, 5) is 13.2. The second-order valence-electron chi connectivity index (χ2n) is 2.93. The van der Waals surface area contributed by atoms with Gasteiger partial charge in [0.15, 0.2) is 0 Å². The maximum absolute atomic E-state index is 11.4. The third-order valence-electron chi connectivity index (χ3n) is 1.95. The van der Waals surface area contributed by atoms with Gasteiger partial charge in [-0.1, -0.05) is 0 Å². The molecule has 0 radical (unpaired) electrons. The van der Waals surface area contributed by atoms with Crippen molar-refractivity contribution in [1.29, 1.82) is 0 Å². The Morgan fingerprint density at radius 1 is 1.38 bits per heavy atom. The zero-order valence-electron chi connectivity index (χ0n) is 8.01. The average molecular weight is 187 g/mol. The van der Waals surface area contributed by atoms with Crippen LogP contribution in [0.15, 0.2) is 0 Å². The van der Waals surface area contributed by atoms with Crippen LogP contribution in [0, 0.1) is 0 Å². The molecule has 5 heteroatoms. The maximum atomic E-state index is 11.4. The van der Waals surface area contributed by atoms with E-state index in [-0.39, 0.29) is 6.03 Å². The van der Waals surface area contributed by atoms with E-state index in [4.69, 9.17) is 4.74 Å². The van der Waals surface area contributed by atoms with Crippen molar-refractivity contribution < 1.29 is 9.53 Å². The van der Waals surface area contributed by atoms with E-state index in [9.17, 15) is 4.79 Å². The number of amides is 2. The second kappa shape index (κ2) is 5.77. The summed E-state index contributed by atoms with van der Waals surface area (Å²) in [6, 6.07) is 0.0125. The van der Waals surface area contributed by atoms with E-state index in [0.29, 0.717) is 32.8 Å². The summed E-state index contributed by atoms with van der Waals surface area (Å²) >= 11 is 0. The second-order valence-corrected chi connectivity index (χ2v) is 2.93. The van der Waals surface area contributed by atoms with Crippen LogP contribution in [-0.2, 0) is 4.74 Å². The minimum Gasteiger partial charge on any atom is -0.378 e. The Balaban J connectivity index is 2.13. The Morgan fingerprint density at radius 2 is 2.08 bits per heavy atom. The van der Waals surface area contributed by atoms with Gasteiger partial charge in [-0.3, -0.25) is 0 Å². The van der Waals surface area contributed by atoms with Crippen LogP contribution in [0.5, 0.6) is 0 Å². The highest BCUT2D eigenvalue weighted by Crippen LogP contribution is 1.96. The zero-order chi connectivity index (χ0) is 9.52. The minimum absolute atomic E-state index is 0.0125. The Hall–Kier alpha value is -0.810. The van der Waals surface area contributed by atoms with Gasteiger partial charge in [0.25, 0.3) is 0 Å². The predicted molar refractivity (Wildman–Crippen MR) is 49.7 cm³/mol. The van der Waals surface area contributed by atoms with Crippen LogP contribution in [0.1, 0.15) is 0 Å². The van der Waals surface area contributed by atoms with Crippen LogP contribution in [0.4, 0.5) is 4.79 Å². The Morgan fingerprint density at radius 3 is 2.69 bits per heavy atom. The Labute approximate surface area is 78.4 Å². The standard InChI is InChI=1S/C8H17N3O2/c1-9-2-3-10-8(12)11-4-6-13-7-5-11/h9H,2-7H2,1H3,(H,10,12). The number of hydrogen-bond acceptors (Lipinski definition) is 3. The van der Waals surface area contributed by atoms with Gasteiger partial charge in [0.05, 0.1) is 13.2 Å². The summed E-state index contributed by atoms with van der Waals surface area (Å²) in [5.41, 5.74) is 0. The molecule has 1 rings (SSSR count). The van der Waals surface area contributed by atoms with Gasteiger partial charge in [0, 0.05) is 26.2 Å². The molecule has 1 aliphatic heterocycles. The lowest BCUT2D eigenvalue weighted by molar-refractivity contribution is 0.0533. The first kappa shape index (κ1) is 10.3. The molecular weight excluding hydrogens is 170 g/mol. The summed E-state index contributed by atoms with van der Waals surface area (Å²) in [7, 11) is 1.86. The molecular formula is C8H17N3O2. The highest BCUT2D eigenvalue weighted by atomic mass is 16.5. The number of nitrogens with one attached hydrogen (secondary N) is 2. The highest BCUT2D eigenvalue weighted by molar-refractivity contribution is 5.74. The fourth-order valence-electron chi connectivity index (χ4n) is 1.17. The molecule has 0 bridgehead atoms. The molecule has 1 saturated heterocycles. The van der Waals surface area contributed by atoms with Crippen molar-refractivity contribution in [3.05, 3.63) is 0 Å². The monoisotopic (exact) mass is 187 g/mol. The van der Waals surface area contributed by atoms with Gasteiger partial charge in [-0.2, -0.15) is 0 Å². The Bertz CT molecular complexity index is 157. The van der Waals surface area contributed by atoms with Crippen molar-refractivity contribution in [2.45, 2.75) is 0 Å². The van der Waals surface area contributed by atoms with Gasteiger partial charge in [-0.05, 0) is 7.05 Å². The molecule has 1 aliphatic rings. The van der Waals surface area contributed by atoms with E-state index < -0.39 is 0 Å². The summed E-state index contributed by atoms with van der Waals surface area (Å²) < 4.78 is 5.14. The van der Waals surface area contributed by atoms with Gasteiger partial charge in [0.1, 0.15) is 0 Å². The fraction of sp³-hybridized carbons (Fsp3) is 0.875. The number of hydrogen-bond donors (Lipinski definition) is 2. The molecule has 1 heterocycles. The Kier molecular flexibility index (Phi) is 4.56. The number of urea groups is 1. The first-order chi connectivity index (χ1) is 6.34. The molecule has 5 nitrogen and oxygen atoms in total. The molecule has 2 N–H and O–H groups in total. The third-order valence-corrected chi connectivity index (χ3v) is 1.95. The third kappa shape index (κ3) is 3.61. The number of carbonyl (C=O) groups is 1. The first-order valence-corrected chi connectivity index (χ1v) is 4.59. The van der Waals surface area contributed by atoms with E-state index in [1.54, 1.807) is 4.90 Å². The number of rotatable bonds is 3. The van der Waals surface area contributed by atoms with Crippen molar-refractivity contribution in [2.75, 3.05) is 46.4 Å². The largest absolute Gasteiger partial charge is 0.378 e. The van der Waals surface area contributed by atoms with Gasteiger partial charge in [-0.25, -0.2) is 4.79 Å². The van der Waals surface area contributed by atoms with Gasteiger partial charge in [0.2, 0.25) is 0 Å². The molecule has 13 heavy (non-hydrogen) atoms. The minimum atomic E-state index is 0.0125. The number of carbonyl (C=O) groups excluding carboxylic acids is 1. The van der Waals surface area contributed by atoms with E-state index in [1.165, 1.54) is 0 Å². The molecule has 2 amide bonds. The molecule has 0 atom stereocenters. The van der Waals surface area contributed by atoms with E-state index in [0.717, 1.165) is 6.54 Å². The van der Waals surface area contributed by atoms with Crippen LogP contribution in [0.25, 0.3) is 0 Å². The summed E-state index contributed by atoms with van der Waals surface area (Å²) in [5, 5.41) is 5.79. The molecule has 1 fully saturated rings. The number of likely N-dealkylation sites (N-methyl/N-ethyl adjacent to an activating group) is 1. The van der Waals surface area contributed by atoms with E-state index in [1.807, 2.05) is 7.05 Å². The zero-order valence-corrected chi connectivity index (χ0v) is 8.01. The fourth-order valence-corrected chi connectivity index (χ4v) is 1.17. The summed E-state index contributed by atoms with van der Waals surface area (Å²) in [5.74, 6) is 0. The smallest absolute Gasteiger partial charge is 0.317 e. The molecule has 0 spiro atoms. The quantitative estimate of drug-likeness (QED) is 0.571. The van der Waals surface area contributed by atoms with Gasteiger partial charge < -0.3 is 20.3 Å². The lowest BCUT2D eigenvalue weighted by atomic mass is 10.4. The lowest BCUT2D eigenvalue weighted by Crippen LogP contribution is -2.47. The molecule has 0 aromatic heterocycles. The molecule has 0 aromatic rings. The van der Waals surface area contributed by atoms with Crippen molar-refractivity contribution in [3.8, 4) is 0 Å². The SMILES string of the molecule is CNCCNC(=O)N1CCOCC1. The maximum Gasteiger partial charge on any atom is 0.317 e. The normalized spacial score (nSPS) is 17.2. The first-order valence-electron chi connectivity index (χ1n) is 4.59. The topological polar surface area (TPSA) is 53.6 Å². The lowest BCUT2D eigenvalue weighted by Gasteiger charge is -2.26. The van der Waals surface area contributed by atoms with Gasteiger partial charge in [-0.15, -0.1) is 0 Å². The number of nitrogens with zero attached hydrogens (tertiary/aromatic N) is 1. The van der Waals surface area contributed by atoms with Crippen LogP contribution in [-0.4, -0.2) is 57.4 Å². The molecule has 0 aromatic carbocycles. The van der Waals surface area contributed by atoms with E-state index in [2.05, 4.69) is 10.6 Å². The van der Waals surface area contributed by atoms with Crippen LogP contribution in [0.3, 0.4) is 0 Å². The molecule has 0 unspecified atom stereocenters. The highest BCUT2D eigenvalue weighted by Gasteiger charge is 2.15. The number of ether oxygens (including phenoxy) is 1. The van der Waals surface area contributed by atoms with Crippen molar-refractivity contribution >= 4 is 6.03 Å². The van der Waals surface area contributed by atoms with Crippen molar-refractivity contribution in [2.24, 2.45) is 0 Å².